The summed E-state index contributed by atoms with van der Waals surface area (Å²) in [5.74, 6) is 2.84. The highest BCUT2D eigenvalue weighted by Crippen LogP contribution is 2.61. The van der Waals surface area contributed by atoms with Gasteiger partial charge in [-0.2, -0.15) is 0 Å². The third kappa shape index (κ3) is 5.18. The molecule has 0 aromatic heterocycles. The molecule has 0 heterocycles. The van der Waals surface area contributed by atoms with Crippen molar-refractivity contribution in [3.05, 3.63) is 161 Å². The van der Waals surface area contributed by atoms with Crippen molar-refractivity contribution in [1.82, 2.24) is 0 Å². The molecule has 6 aromatic carbocycles. The smallest absolute Gasteiger partial charge is 0.0465 e. The molecule has 54 heavy (non-hydrogen) atoms. The lowest BCUT2D eigenvalue weighted by molar-refractivity contribution is -0.00518. The van der Waals surface area contributed by atoms with Crippen LogP contribution in [-0.2, 0) is 23.7 Å². The molecule has 4 bridgehead atoms. The van der Waals surface area contributed by atoms with Crippen LogP contribution < -0.4 is 4.90 Å². The average molecular weight is 702 g/mol. The summed E-state index contributed by atoms with van der Waals surface area (Å²) < 4.78 is 0. The number of hydrogen-bond donors (Lipinski definition) is 0. The second kappa shape index (κ2) is 12.3. The van der Waals surface area contributed by atoms with Crippen molar-refractivity contribution in [3.63, 3.8) is 0 Å². The van der Waals surface area contributed by atoms with E-state index in [4.69, 9.17) is 0 Å². The molecule has 0 radical (unpaired) electrons. The molecule has 0 amide bonds. The first-order valence-electron chi connectivity index (χ1n) is 20.9. The molecule has 0 aliphatic heterocycles. The lowest BCUT2D eigenvalue weighted by atomic mass is 9.48. The van der Waals surface area contributed by atoms with Gasteiger partial charge in [0.15, 0.2) is 0 Å². The molecule has 6 aliphatic rings. The fraction of sp³-hybridized carbons (Fsp3) is 0.321. The zero-order valence-corrected chi connectivity index (χ0v) is 32.0. The van der Waals surface area contributed by atoms with Gasteiger partial charge in [-0.15, -0.1) is 0 Å². The zero-order chi connectivity index (χ0) is 36.0. The summed E-state index contributed by atoms with van der Waals surface area (Å²) >= 11 is 0. The number of nitrogens with zero attached hydrogens (tertiary/aromatic N) is 1. The molecular weight excluding hydrogens is 651 g/mol. The number of anilines is 3. The maximum absolute atomic E-state index is 2.51. The normalized spacial score (nSPS) is 24.1. The van der Waals surface area contributed by atoms with Gasteiger partial charge in [-0.1, -0.05) is 111 Å². The topological polar surface area (TPSA) is 3.24 Å². The number of benzene rings is 6. The van der Waals surface area contributed by atoms with E-state index in [1.54, 1.807) is 16.7 Å². The van der Waals surface area contributed by atoms with E-state index in [1.807, 2.05) is 0 Å². The Morgan fingerprint density at radius 1 is 0.481 bits per heavy atom. The Labute approximate surface area is 322 Å². The van der Waals surface area contributed by atoms with Crippen LogP contribution in [0.15, 0.2) is 133 Å². The lowest BCUT2D eigenvalue weighted by Crippen LogP contribution is -2.48. The van der Waals surface area contributed by atoms with Gasteiger partial charge in [0, 0.05) is 22.5 Å². The summed E-state index contributed by atoms with van der Waals surface area (Å²) in [4.78, 5) is 2.51. The predicted octanol–water partition coefficient (Wildman–Crippen LogP) is 14.1. The molecular formula is C53H51N. The fourth-order valence-electron chi connectivity index (χ4n) is 12.4. The molecule has 6 aliphatic carbocycles. The van der Waals surface area contributed by atoms with Crippen LogP contribution in [0.4, 0.5) is 17.1 Å². The minimum Gasteiger partial charge on any atom is -0.310 e. The Bertz CT molecular complexity index is 2340. The first-order chi connectivity index (χ1) is 26.4. The first kappa shape index (κ1) is 32.5. The van der Waals surface area contributed by atoms with Crippen LogP contribution >= 0.6 is 0 Å². The highest BCUT2D eigenvalue weighted by Gasteiger charge is 2.51. The van der Waals surface area contributed by atoms with Crippen LogP contribution in [0.1, 0.15) is 93.0 Å². The summed E-state index contributed by atoms with van der Waals surface area (Å²) in [6.07, 6.45) is 13.7. The van der Waals surface area contributed by atoms with Gasteiger partial charge in [0.25, 0.3) is 0 Å². The van der Waals surface area contributed by atoms with Gasteiger partial charge < -0.3 is 4.90 Å². The van der Waals surface area contributed by atoms with Crippen LogP contribution in [0.5, 0.6) is 0 Å². The van der Waals surface area contributed by atoms with Crippen LogP contribution in [0.3, 0.4) is 0 Å². The van der Waals surface area contributed by atoms with Crippen molar-refractivity contribution in [2.45, 2.75) is 88.9 Å². The van der Waals surface area contributed by atoms with Crippen molar-refractivity contribution < 1.29 is 0 Å². The summed E-state index contributed by atoms with van der Waals surface area (Å²) in [6, 6.07) is 51.5. The van der Waals surface area contributed by atoms with E-state index in [-0.39, 0.29) is 5.41 Å². The van der Waals surface area contributed by atoms with E-state index >= 15 is 0 Å². The highest BCUT2D eigenvalue weighted by atomic mass is 15.1. The second-order valence-electron chi connectivity index (χ2n) is 18.3. The van der Waals surface area contributed by atoms with E-state index < -0.39 is 0 Å². The molecule has 0 atom stereocenters. The molecule has 4 saturated carbocycles. The van der Waals surface area contributed by atoms with Crippen molar-refractivity contribution >= 4 is 17.1 Å². The van der Waals surface area contributed by atoms with Crippen LogP contribution in [0.2, 0.25) is 0 Å². The van der Waals surface area contributed by atoms with Crippen molar-refractivity contribution in [2.24, 2.45) is 17.8 Å². The van der Waals surface area contributed by atoms with Crippen molar-refractivity contribution in [2.75, 3.05) is 4.90 Å². The Morgan fingerprint density at radius 2 is 1.11 bits per heavy atom. The Balaban J connectivity index is 1.01. The van der Waals surface area contributed by atoms with Gasteiger partial charge in [0.1, 0.15) is 0 Å². The molecule has 268 valence electrons. The molecule has 0 spiro atoms. The SMILES string of the molecule is CC1(C)c2cc(N(c3ccc(-c4ccc5c(c4)CCCC5)cc3)c3ccc(C45CC6CC(CC(C6)C4)C5)cc3)ccc2-c2c(-c3ccccc3)cccc21. The second-order valence-corrected chi connectivity index (χ2v) is 18.3. The maximum Gasteiger partial charge on any atom is 0.0465 e. The van der Waals surface area contributed by atoms with E-state index in [1.165, 1.54) is 126 Å². The van der Waals surface area contributed by atoms with Crippen LogP contribution in [0, 0.1) is 17.8 Å². The minimum absolute atomic E-state index is 0.115. The van der Waals surface area contributed by atoms with E-state index in [0.717, 1.165) is 17.8 Å². The zero-order valence-electron chi connectivity index (χ0n) is 32.0. The third-order valence-corrected chi connectivity index (χ3v) is 14.6. The number of aryl methyl sites for hydroxylation is 2. The molecule has 4 fully saturated rings. The monoisotopic (exact) mass is 701 g/mol. The van der Waals surface area contributed by atoms with Gasteiger partial charge in [-0.25, -0.2) is 0 Å². The van der Waals surface area contributed by atoms with E-state index in [2.05, 4.69) is 152 Å². The van der Waals surface area contributed by atoms with Gasteiger partial charge >= 0.3 is 0 Å². The molecule has 12 rings (SSSR count). The highest BCUT2D eigenvalue weighted by molar-refractivity contribution is 5.94. The lowest BCUT2D eigenvalue weighted by Gasteiger charge is -2.57. The summed E-state index contributed by atoms with van der Waals surface area (Å²) in [7, 11) is 0. The number of rotatable bonds is 6. The van der Waals surface area contributed by atoms with Gasteiger partial charge in [-0.3, -0.25) is 0 Å². The minimum atomic E-state index is -0.115. The van der Waals surface area contributed by atoms with Crippen LogP contribution in [-0.4, -0.2) is 0 Å². The Morgan fingerprint density at radius 3 is 1.81 bits per heavy atom. The first-order valence-corrected chi connectivity index (χ1v) is 20.9. The Hall–Kier alpha value is -4.88. The van der Waals surface area contributed by atoms with Gasteiger partial charge in [0.05, 0.1) is 0 Å². The van der Waals surface area contributed by atoms with Gasteiger partial charge in [0.2, 0.25) is 0 Å². The largest absolute Gasteiger partial charge is 0.310 e. The maximum atomic E-state index is 2.51. The average Bonchev–Trinajstić information content (AvgIpc) is 3.43. The molecule has 0 N–H and O–H groups in total. The van der Waals surface area contributed by atoms with Gasteiger partial charge in [-0.05, 0) is 185 Å². The third-order valence-electron chi connectivity index (χ3n) is 14.6. The molecule has 0 saturated heterocycles. The quantitative estimate of drug-likeness (QED) is 0.167. The van der Waals surface area contributed by atoms with Crippen molar-refractivity contribution in [3.8, 4) is 33.4 Å². The molecule has 6 aromatic rings. The summed E-state index contributed by atoms with van der Waals surface area (Å²) in [5.41, 5.74) is 19.4. The summed E-state index contributed by atoms with van der Waals surface area (Å²) in [5, 5.41) is 0. The molecule has 0 unspecified atom stereocenters. The number of fused-ring (bicyclic) bond motifs is 4. The van der Waals surface area contributed by atoms with E-state index in [9.17, 15) is 0 Å². The number of hydrogen-bond acceptors (Lipinski definition) is 1. The Kier molecular flexibility index (Phi) is 7.43. The van der Waals surface area contributed by atoms with E-state index in [0.29, 0.717) is 5.41 Å². The van der Waals surface area contributed by atoms with Crippen LogP contribution in [0.25, 0.3) is 33.4 Å². The summed E-state index contributed by atoms with van der Waals surface area (Å²) in [6.45, 7) is 4.82. The standard InChI is InChI=1S/C53H51N/c1-52(2)49-14-8-13-47(40-10-4-3-5-11-40)51(49)48-26-25-46(31-50(48)52)54(44-21-17-39(18-22-44)42-16-15-38-9-6-7-12-41(38)30-42)45-23-19-43(20-24-45)53-32-35-27-36(33-53)29-37(28-35)34-53/h3-5,8,10-11,13-26,30-31,35-37H,6-7,9,12,27-29,32-34H2,1-2H3. The fourth-order valence-corrected chi connectivity index (χ4v) is 12.4. The predicted molar refractivity (Wildman–Crippen MR) is 226 cm³/mol. The van der Waals surface area contributed by atoms with Crippen molar-refractivity contribution in [1.29, 1.82) is 0 Å². The molecule has 1 heteroatoms. The molecule has 1 nitrogen and oxygen atoms in total.